The molecule has 0 radical (unpaired) electrons. The van der Waals surface area contributed by atoms with E-state index in [0.29, 0.717) is 0 Å². The van der Waals surface area contributed by atoms with E-state index < -0.39 is 4.45 Å². The molecule has 0 bridgehead atoms. The molecule has 4 aromatic rings. The van der Waals surface area contributed by atoms with E-state index in [1.807, 2.05) is 0 Å². The Morgan fingerprint density at radius 3 is 1.74 bits per heavy atom. The molecule has 0 spiro atoms. The Bertz CT molecular complexity index is 886. The minimum Gasteiger partial charge on any atom is -0.324 e. The second kappa shape index (κ2) is 5.71. The number of fused-ring (bicyclic) bond motifs is 1. The van der Waals surface area contributed by atoms with Gasteiger partial charge in [-0.3, -0.25) is 0 Å². The van der Waals surface area contributed by atoms with Crippen LogP contribution in [0.3, 0.4) is 0 Å². The van der Waals surface area contributed by atoms with Gasteiger partial charge < -0.3 is 4.57 Å². The number of aromatic nitrogens is 1. The topological polar surface area (TPSA) is 4.93 Å². The summed E-state index contributed by atoms with van der Waals surface area (Å²) in [5, 5.41) is 1.24. The van der Waals surface area contributed by atoms with Crippen molar-refractivity contribution in [2.45, 2.75) is 4.45 Å². The Morgan fingerprint density at radius 2 is 1.13 bits per heavy atom. The van der Waals surface area contributed by atoms with Crippen LogP contribution in [-0.2, 0) is 4.45 Å². The SMILES string of the molecule is BrC(c1ccccc1)(c1ccccc1)n1ccc2ccccc21. The van der Waals surface area contributed by atoms with Gasteiger partial charge in [-0.15, -0.1) is 0 Å². The maximum atomic E-state index is 4.07. The summed E-state index contributed by atoms with van der Waals surface area (Å²) in [5.41, 5.74) is 3.61. The van der Waals surface area contributed by atoms with Crippen molar-refractivity contribution >= 4 is 26.8 Å². The fourth-order valence-electron chi connectivity index (χ4n) is 3.11. The van der Waals surface area contributed by atoms with Crippen molar-refractivity contribution in [3.05, 3.63) is 108 Å². The van der Waals surface area contributed by atoms with Crippen LogP contribution in [0, 0.1) is 0 Å². The first-order valence-electron chi connectivity index (χ1n) is 7.67. The van der Waals surface area contributed by atoms with E-state index in [1.54, 1.807) is 0 Å². The van der Waals surface area contributed by atoms with Gasteiger partial charge in [0.2, 0.25) is 0 Å². The summed E-state index contributed by atoms with van der Waals surface area (Å²) in [6, 6.07) is 31.7. The lowest BCUT2D eigenvalue weighted by atomic mass is 9.98. The van der Waals surface area contributed by atoms with Gasteiger partial charge in [0.05, 0.1) is 0 Å². The fourth-order valence-corrected chi connectivity index (χ4v) is 3.95. The molecule has 4 rings (SSSR count). The summed E-state index contributed by atoms with van der Waals surface area (Å²) in [5.74, 6) is 0. The van der Waals surface area contributed by atoms with Crippen LogP contribution in [-0.4, -0.2) is 4.57 Å². The first-order valence-corrected chi connectivity index (χ1v) is 8.46. The number of hydrogen-bond acceptors (Lipinski definition) is 0. The van der Waals surface area contributed by atoms with Crippen LogP contribution in [0.25, 0.3) is 10.9 Å². The summed E-state index contributed by atoms with van der Waals surface area (Å²) in [6.45, 7) is 0. The maximum absolute atomic E-state index is 4.07. The third kappa shape index (κ3) is 2.30. The zero-order valence-corrected chi connectivity index (χ0v) is 14.1. The van der Waals surface area contributed by atoms with E-state index in [-0.39, 0.29) is 0 Å². The number of nitrogens with zero attached hydrogens (tertiary/aromatic N) is 1. The van der Waals surface area contributed by atoms with Crippen molar-refractivity contribution in [2.75, 3.05) is 0 Å². The summed E-state index contributed by atoms with van der Waals surface area (Å²) in [6.07, 6.45) is 2.15. The summed E-state index contributed by atoms with van der Waals surface area (Å²) >= 11 is 4.07. The Labute approximate surface area is 144 Å². The highest BCUT2D eigenvalue weighted by Gasteiger charge is 2.33. The number of rotatable bonds is 3. The van der Waals surface area contributed by atoms with Gasteiger partial charge in [0, 0.05) is 11.7 Å². The monoisotopic (exact) mass is 361 g/mol. The highest BCUT2D eigenvalue weighted by atomic mass is 79.9. The highest BCUT2D eigenvalue weighted by Crippen LogP contribution is 2.42. The van der Waals surface area contributed by atoms with Crippen LogP contribution < -0.4 is 0 Å². The highest BCUT2D eigenvalue weighted by molar-refractivity contribution is 9.09. The zero-order chi connectivity index (χ0) is 15.7. The van der Waals surface area contributed by atoms with Crippen molar-refractivity contribution < 1.29 is 0 Å². The standard InChI is InChI=1S/C21H16BrN/c22-21(18-10-3-1-4-11-18,19-12-5-2-6-13-19)23-16-15-17-9-7-8-14-20(17)23/h1-16H. The van der Waals surface area contributed by atoms with Crippen LogP contribution in [0.1, 0.15) is 11.1 Å². The molecule has 1 aromatic heterocycles. The second-order valence-electron chi connectivity index (χ2n) is 5.60. The molecule has 0 aliphatic heterocycles. The second-order valence-corrected chi connectivity index (χ2v) is 6.75. The van der Waals surface area contributed by atoms with Gasteiger partial charge in [0.25, 0.3) is 0 Å². The Morgan fingerprint density at radius 1 is 0.609 bits per heavy atom. The third-order valence-corrected chi connectivity index (χ3v) is 5.54. The molecule has 0 fully saturated rings. The molecule has 1 heterocycles. The van der Waals surface area contributed by atoms with Crippen molar-refractivity contribution in [1.82, 2.24) is 4.57 Å². The number of hydrogen-bond donors (Lipinski definition) is 0. The Hall–Kier alpha value is -2.32. The van der Waals surface area contributed by atoms with Gasteiger partial charge in [-0.1, -0.05) is 94.8 Å². The van der Waals surface area contributed by atoms with Crippen LogP contribution in [0.15, 0.2) is 97.2 Å². The predicted molar refractivity (Wildman–Crippen MR) is 99.9 cm³/mol. The van der Waals surface area contributed by atoms with Crippen LogP contribution in [0.5, 0.6) is 0 Å². The molecule has 0 N–H and O–H groups in total. The van der Waals surface area contributed by atoms with Gasteiger partial charge >= 0.3 is 0 Å². The molecule has 0 aliphatic carbocycles. The van der Waals surface area contributed by atoms with Gasteiger partial charge in [-0.2, -0.15) is 0 Å². The predicted octanol–water partition coefficient (Wildman–Crippen LogP) is 5.79. The number of alkyl halides is 1. The van der Waals surface area contributed by atoms with E-state index in [4.69, 9.17) is 0 Å². The van der Waals surface area contributed by atoms with E-state index in [0.717, 1.165) is 0 Å². The molecular formula is C21H16BrN. The normalized spacial score (nSPS) is 11.7. The lowest BCUT2D eigenvalue weighted by molar-refractivity contribution is 0.656. The fraction of sp³-hybridized carbons (Fsp3) is 0.0476. The van der Waals surface area contributed by atoms with E-state index >= 15 is 0 Å². The molecule has 112 valence electrons. The average Bonchev–Trinajstić information content (AvgIpc) is 3.07. The van der Waals surface area contributed by atoms with Gasteiger partial charge in [-0.25, -0.2) is 0 Å². The number of benzene rings is 3. The van der Waals surface area contributed by atoms with Gasteiger partial charge in [-0.05, 0) is 28.6 Å². The largest absolute Gasteiger partial charge is 0.324 e. The smallest absolute Gasteiger partial charge is 0.150 e. The first kappa shape index (κ1) is 14.3. The molecule has 23 heavy (non-hydrogen) atoms. The van der Waals surface area contributed by atoms with E-state index in [2.05, 4.69) is 118 Å². The molecule has 0 saturated heterocycles. The molecule has 0 unspecified atom stereocenters. The summed E-state index contributed by atoms with van der Waals surface area (Å²) in [4.78, 5) is 0. The van der Waals surface area contributed by atoms with Crippen molar-refractivity contribution in [3.63, 3.8) is 0 Å². The van der Waals surface area contributed by atoms with Gasteiger partial charge in [0.1, 0.15) is 0 Å². The lowest BCUT2D eigenvalue weighted by Crippen LogP contribution is -2.28. The van der Waals surface area contributed by atoms with Crippen LogP contribution in [0.4, 0.5) is 0 Å². The van der Waals surface area contributed by atoms with Gasteiger partial charge in [0.15, 0.2) is 4.45 Å². The summed E-state index contributed by atoms with van der Waals surface area (Å²) in [7, 11) is 0. The molecule has 0 aliphatic rings. The lowest BCUT2D eigenvalue weighted by Gasteiger charge is -2.32. The number of para-hydroxylation sites is 1. The molecule has 1 nitrogen and oxygen atoms in total. The van der Waals surface area contributed by atoms with Crippen molar-refractivity contribution in [1.29, 1.82) is 0 Å². The van der Waals surface area contributed by atoms with Crippen molar-refractivity contribution in [2.24, 2.45) is 0 Å². The van der Waals surface area contributed by atoms with Crippen LogP contribution >= 0.6 is 15.9 Å². The summed E-state index contributed by atoms with van der Waals surface area (Å²) < 4.78 is 1.87. The molecule has 2 heteroatoms. The minimum atomic E-state index is -0.432. The van der Waals surface area contributed by atoms with E-state index in [1.165, 1.54) is 22.0 Å². The third-order valence-electron chi connectivity index (χ3n) is 4.24. The Balaban J connectivity index is 2.04. The molecule has 0 atom stereocenters. The van der Waals surface area contributed by atoms with E-state index in [9.17, 15) is 0 Å². The molecule has 0 amide bonds. The quantitative estimate of drug-likeness (QED) is 0.407. The molecular weight excluding hydrogens is 346 g/mol. The Kier molecular flexibility index (Phi) is 3.55. The maximum Gasteiger partial charge on any atom is 0.150 e. The number of halogens is 1. The zero-order valence-electron chi connectivity index (χ0n) is 12.6. The van der Waals surface area contributed by atoms with Crippen LogP contribution in [0.2, 0.25) is 0 Å². The first-order chi connectivity index (χ1) is 11.3. The average molecular weight is 362 g/mol. The molecule has 0 saturated carbocycles. The minimum absolute atomic E-state index is 0.432. The van der Waals surface area contributed by atoms with Crippen molar-refractivity contribution in [3.8, 4) is 0 Å². The molecule has 3 aromatic carbocycles.